The molecular weight excluding hydrogens is 210 g/mol. The summed E-state index contributed by atoms with van der Waals surface area (Å²) in [5, 5.41) is 4.19. The van der Waals surface area contributed by atoms with Gasteiger partial charge in [0, 0.05) is 25.5 Å². The first kappa shape index (κ1) is 11.5. The van der Waals surface area contributed by atoms with E-state index in [9.17, 15) is 0 Å². The SMILES string of the molecule is C=CCN(Cc1ccnn1C)c1ccccc1. The zero-order chi connectivity index (χ0) is 12.1. The highest BCUT2D eigenvalue weighted by atomic mass is 15.3. The molecular formula is C14H17N3. The maximum Gasteiger partial charge on any atom is 0.0602 e. The van der Waals surface area contributed by atoms with Crippen LogP contribution in [0.3, 0.4) is 0 Å². The summed E-state index contributed by atoms with van der Waals surface area (Å²) in [6, 6.07) is 12.4. The van der Waals surface area contributed by atoms with Crippen molar-refractivity contribution in [3.05, 3.63) is 60.9 Å². The average Bonchev–Trinajstić information content (AvgIpc) is 2.76. The predicted octanol–water partition coefficient (Wildman–Crippen LogP) is 2.61. The Morgan fingerprint density at radius 3 is 2.65 bits per heavy atom. The molecule has 0 saturated heterocycles. The van der Waals surface area contributed by atoms with Crippen LogP contribution in [-0.4, -0.2) is 16.3 Å². The fourth-order valence-corrected chi connectivity index (χ4v) is 1.81. The van der Waals surface area contributed by atoms with Crippen LogP contribution in [0.1, 0.15) is 5.69 Å². The Bertz CT molecular complexity index is 473. The van der Waals surface area contributed by atoms with E-state index in [2.05, 4.69) is 40.8 Å². The van der Waals surface area contributed by atoms with Crippen LogP contribution in [0.2, 0.25) is 0 Å². The molecule has 3 nitrogen and oxygen atoms in total. The Labute approximate surface area is 102 Å². The van der Waals surface area contributed by atoms with Gasteiger partial charge in [-0.1, -0.05) is 24.3 Å². The van der Waals surface area contributed by atoms with Crippen molar-refractivity contribution < 1.29 is 0 Å². The number of hydrogen-bond donors (Lipinski definition) is 0. The number of aromatic nitrogens is 2. The summed E-state index contributed by atoms with van der Waals surface area (Å²) in [4.78, 5) is 2.27. The number of nitrogens with zero attached hydrogens (tertiary/aromatic N) is 3. The third-order valence-corrected chi connectivity index (χ3v) is 2.75. The zero-order valence-electron chi connectivity index (χ0n) is 10.1. The Morgan fingerprint density at radius 1 is 1.29 bits per heavy atom. The van der Waals surface area contributed by atoms with Crippen LogP contribution in [0.5, 0.6) is 0 Å². The van der Waals surface area contributed by atoms with E-state index in [-0.39, 0.29) is 0 Å². The normalized spacial score (nSPS) is 10.2. The second-order valence-corrected chi connectivity index (χ2v) is 3.95. The van der Waals surface area contributed by atoms with Crippen molar-refractivity contribution in [1.82, 2.24) is 9.78 Å². The van der Waals surface area contributed by atoms with Gasteiger partial charge in [-0.2, -0.15) is 5.10 Å². The number of aryl methyl sites for hydroxylation is 1. The van der Waals surface area contributed by atoms with E-state index in [0.29, 0.717) is 0 Å². The lowest BCUT2D eigenvalue weighted by atomic mass is 10.2. The second kappa shape index (κ2) is 5.34. The largest absolute Gasteiger partial charge is 0.362 e. The molecule has 0 amide bonds. The Kier molecular flexibility index (Phi) is 3.60. The fourth-order valence-electron chi connectivity index (χ4n) is 1.81. The van der Waals surface area contributed by atoms with Gasteiger partial charge in [-0.15, -0.1) is 6.58 Å². The van der Waals surface area contributed by atoms with Gasteiger partial charge in [0.15, 0.2) is 0 Å². The first-order valence-electron chi connectivity index (χ1n) is 5.69. The third kappa shape index (κ3) is 2.75. The number of anilines is 1. The van der Waals surface area contributed by atoms with E-state index >= 15 is 0 Å². The standard InChI is InChI=1S/C14H17N3/c1-3-11-17(13-7-5-4-6-8-13)12-14-9-10-15-16(14)2/h3-10H,1,11-12H2,2H3. The molecule has 88 valence electrons. The molecule has 2 aromatic rings. The van der Waals surface area contributed by atoms with Crippen LogP contribution in [0.4, 0.5) is 5.69 Å². The fraction of sp³-hybridized carbons (Fsp3) is 0.214. The van der Waals surface area contributed by atoms with Gasteiger partial charge in [0.1, 0.15) is 0 Å². The molecule has 0 unspecified atom stereocenters. The summed E-state index contributed by atoms with van der Waals surface area (Å²) in [5.74, 6) is 0. The molecule has 0 N–H and O–H groups in total. The molecule has 0 atom stereocenters. The molecule has 0 fully saturated rings. The molecule has 0 saturated carbocycles. The van der Waals surface area contributed by atoms with Gasteiger partial charge >= 0.3 is 0 Å². The van der Waals surface area contributed by atoms with Crippen LogP contribution < -0.4 is 4.90 Å². The van der Waals surface area contributed by atoms with E-state index in [1.54, 1.807) is 0 Å². The maximum absolute atomic E-state index is 4.19. The van der Waals surface area contributed by atoms with Crippen LogP contribution in [0.15, 0.2) is 55.3 Å². The maximum atomic E-state index is 4.19. The molecule has 3 heteroatoms. The topological polar surface area (TPSA) is 21.1 Å². The van der Waals surface area contributed by atoms with Crippen molar-refractivity contribution in [3.8, 4) is 0 Å². The Hall–Kier alpha value is -2.03. The van der Waals surface area contributed by atoms with Crippen LogP contribution in [0, 0.1) is 0 Å². The molecule has 1 aromatic heterocycles. The summed E-state index contributed by atoms with van der Waals surface area (Å²) in [6.45, 7) is 5.48. The van der Waals surface area contributed by atoms with Crippen molar-refractivity contribution >= 4 is 5.69 Å². The number of rotatable bonds is 5. The van der Waals surface area contributed by atoms with Crippen molar-refractivity contribution in [2.75, 3.05) is 11.4 Å². The Balaban J connectivity index is 2.19. The third-order valence-electron chi connectivity index (χ3n) is 2.75. The van der Waals surface area contributed by atoms with Gasteiger partial charge < -0.3 is 4.90 Å². The second-order valence-electron chi connectivity index (χ2n) is 3.95. The van der Waals surface area contributed by atoms with Crippen LogP contribution in [-0.2, 0) is 13.6 Å². The first-order valence-corrected chi connectivity index (χ1v) is 5.69. The van der Waals surface area contributed by atoms with Gasteiger partial charge in [-0.3, -0.25) is 4.68 Å². The van der Waals surface area contributed by atoms with E-state index in [4.69, 9.17) is 0 Å². The van der Waals surface area contributed by atoms with Crippen molar-refractivity contribution in [2.24, 2.45) is 7.05 Å². The van der Waals surface area contributed by atoms with Crippen LogP contribution >= 0.6 is 0 Å². The summed E-state index contributed by atoms with van der Waals surface area (Å²) in [5.41, 5.74) is 2.39. The lowest BCUT2D eigenvalue weighted by Gasteiger charge is -2.23. The number of para-hydroxylation sites is 1. The smallest absolute Gasteiger partial charge is 0.0602 e. The predicted molar refractivity (Wildman–Crippen MR) is 70.9 cm³/mol. The van der Waals surface area contributed by atoms with Crippen molar-refractivity contribution in [1.29, 1.82) is 0 Å². The van der Waals surface area contributed by atoms with Crippen LogP contribution in [0.25, 0.3) is 0 Å². The van der Waals surface area contributed by atoms with Gasteiger partial charge in [-0.25, -0.2) is 0 Å². The van der Waals surface area contributed by atoms with Gasteiger partial charge in [0.25, 0.3) is 0 Å². The molecule has 0 spiro atoms. The minimum atomic E-state index is 0.829. The summed E-state index contributed by atoms with van der Waals surface area (Å²) < 4.78 is 1.90. The molecule has 1 aromatic carbocycles. The molecule has 0 aliphatic rings. The highest BCUT2D eigenvalue weighted by molar-refractivity contribution is 5.46. The zero-order valence-corrected chi connectivity index (χ0v) is 10.1. The van der Waals surface area contributed by atoms with E-state index < -0.39 is 0 Å². The molecule has 0 bridgehead atoms. The van der Waals surface area contributed by atoms with E-state index in [0.717, 1.165) is 13.1 Å². The minimum Gasteiger partial charge on any atom is -0.362 e. The van der Waals surface area contributed by atoms with Crippen molar-refractivity contribution in [2.45, 2.75) is 6.54 Å². The highest BCUT2D eigenvalue weighted by Gasteiger charge is 2.07. The van der Waals surface area contributed by atoms with E-state index in [1.807, 2.05) is 36.1 Å². The molecule has 0 aliphatic heterocycles. The van der Waals surface area contributed by atoms with Gasteiger partial charge in [-0.05, 0) is 18.2 Å². The quantitative estimate of drug-likeness (QED) is 0.732. The monoisotopic (exact) mass is 227 g/mol. The van der Waals surface area contributed by atoms with E-state index in [1.165, 1.54) is 11.4 Å². The molecule has 0 radical (unpaired) electrons. The van der Waals surface area contributed by atoms with Crippen molar-refractivity contribution in [3.63, 3.8) is 0 Å². The average molecular weight is 227 g/mol. The summed E-state index contributed by atoms with van der Waals surface area (Å²) in [7, 11) is 1.96. The molecule has 1 heterocycles. The summed E-state index contributed by atoms with van der Waals surface area (Å²) in [6.07, 6.45) is 3.75. The molecule has 2 rings (SSSR count). The van der Waals surface area contributed by atoms with Gasteiger partial charge in [0.05, 0.1) is 12.2 Å². The first-order chi connectivity index (χ1) is 8.31. The minimum absolute atomic E-state index is 0.829. The number of hydrogen-bond acceptors (Lipinski definition) is 2. The highest BCUT2D eigenvalue weighted by Crippen LogP contribution is 2.16. The summed E-state index contributed by atoms with van der Waals surface area (Å²) >= 11 is 0. The Morgan fingerprint density at radius 2 is 2.06 bits per heavy atom. The number of benzene rings is 1. The van der Waals surface area contributed by atoms with Gasteiger partial charge in [0.2, 0.25) is 0 Å². The molecule has 17 heavy (non-hydrogen) atoms. The lowest BCUT2D eigenvalue weighted by Crippen LogP contribution is -2.23. The lowest BCUT2D eigenvalue weighted by molar-refractivity contribution is 0.692. The molecule has 0 aliphatic carbocycles.